The SMILES string of the molecule is O[C@H]1[C@@H](OCc2ccccc2)[C@H](OCc2ccccc2)[C@H](COCc2ccccc2)N(Cc2ccccc2)C[C@H]1O. The van der Waals surface area contributed by atoms with Crippen LogP contribution in [0, 0.1) is 0 Å². The molecule has 0 aliphatic carbocycles. The number of hydrogen-bond donors (Lipinski definition) is 2. The van der Waals surface area contributed by atoms with Gasteiger partial charge in [0, 0.05) is 13.1 Å². The monoisotopic (exact) mass is 553 g/mol. The van der Waals surface area contributed by atoms with E-state index in [1.807, 2.05) is 109 Å². The molecule has 0 amide bonds. The summed E-state index contributed by atoms with van der Waals surface area (Å²) in [7, 11) is 0. The predicted octanol–water partition coefficient (Wildman–Crippen LogP) is 4.98. The van der Waals surface area contributed by atoms with Gasteiger partial charge in [-0.15, -0.1) is 0 Å². The molecule has 6 nitrogen and oxygen atoms in total. The Morgan fingerprint density at radius 3 is 1.51 bits per heavy atom. The highest BCUT2D eigenvalue weighted by Crippen LogP contribution is 2.28. The van der Waals surface area contributed by atoms with Crippen LogP contribution in [0.25, 0.3) is 0 Å². The molecular formula is C35H39NO5. The van der Waals surface area contributed by atoms with Crippen molar-refractivity contribution in [2.45, 2.75) is 56.8 Å². The summed E-state index contributed by atoms with van der Waals surface area (Å²) in [5.41, 5.74) is 4.19. The zero-order valence-electron chi connectivity index (χ0n) is 23.2. The summed E-state index contributed by atoms with van der Waals surface area (Å²) in [4.78, 5) is 2.16. The van der Waals surface area contributed by atoms with E-state index in [1.54, 1.807) is 0 Å². The molecule has 1 aliphatic rings. The summed E-state index contributed by atoms with van der Waals surface area (Å²) in [6, 6.07) is 39.7. The molecule has 0 saturated carbocycles. The number of rotatable bonds is 12. The molecule has 214 valence electrons. The molecule has 0 spiro atoms. The van der Waals surface area contributed by atoms with E-state index in [-0.39, 0.29) is 19.2 Å². The largest absolute Gasteiger partial charge is 0.389 e. The number of likely N-dealkylation sites (tertiary alicyclic amines) is 1. The van der Waals surface area contributed by atoms with Crippen LogP contribution in [0.15, 0.2) is 121 Å². The van der Waals surface area contributed by atoms with Crippen molar-refractivity contribution in [3.63, 3.8) is 0 Å². The predicted molar refractivity (Wildman–Crippen MR) is 159 cm³/mol. The second-order valence-electron chi connectivity index (χ2n) is 10.6. The molecule has 4 aromatic carbocycles. The Bertz CT molecular complexity index is 1280. The van der Waals surface area contributed by atoms with Gasteiger partial charge in [0.1, 0.15) is 18.3 Å². The second kappa shape index (κ2) is 15.0. The Morgan fingerprint density at radius 2 is 1.00 bits per heavy atom. The van der Waals surface area contributed by atoms with Crippen LogP contribution in [-0.4, -0.2) is 58.7 Å². The fourth-order valence-electron chi connectivity index (χ4n) is 5.33. The molecule has 4 aromatic rings. The van der Waals surface area contributed by atoms with Gasteiger partial charge in [0.25, 0.3) is 0 Å². The maximum absolute atomic E-state index is 11.4. The molecule has 1 aliphatic heterocycles. The summed E-state index contributed by atoms with van der Waals surface area (Å²) >= 11 is 0. The lowest BCUT2D eigenvalue weighted by Crippen LogP contribution is -2.53. The molecule has 5 rings (SSSR count). The first-order valence-electron chi connectivity index (χ1n) is 14.2. The van der Waals surface area contributed by atoms with Gasteiger partial charge < -0.3 is 24.4 Å². The van der Waals surface area contributed by atoms with Gasteiger partial charge in [0.2, 0.25) is 0 Å². The van der Waals surface area contributed by atoms with E-state index in [2.05, 4.69) is 17.0 Å². The van der Waals surface area contributed by atoms with Crippen molar-refractivity contribution < 1.29 is 24.4 Å². The van der Waals surface area contributed by atoms with Crippen LogP contribution < -0.4 is 0 Å². The van der Waals surface area contributed by atoms with Crippen LogP contribution in [0.3, 0.4) is 0 Å². The van der Waals surface area contributed by atoms with Crippen molar-refractivity contribution in [1.82, 2.24) is 4.90 Å². The highest BCUT2D eigenvalue weighted by atomic mass is 16.6. The Balaban J connectivity index is 1.44. The fraction of sp³-hybridized carbons (Fsp3) is 0.314. The molecule has 1 heterocycles. The molecule has 0 bridgehead atoms. The Kier molecular flexibility index (Phi) is 10.7. The third-order valence-electron chi connectivity index (χ3n) is 7.52. The van der Waals surface area contributed by atoms with E-state index in [1.165, 1.54) is 0 Å². The van der Waals surface area contributed by atoms with Crippen molar-refractivity contribution >= 4 is 0 Å². The van der Waals surface area contributed by atoms with Gasteiger partial charge in [0.15, 0.2) is 0 Å². The topological polar surface area (TPSA) is 71.4 Å². The quantitative estimate of drug-likeness (QED) is 0.258. The minimum Gasteiger partial charge on any atom is -0.389 e. The standard InChI is InChI=1S/C35H39NO5/c37-32-22-36(21-27-13-5-1-6-14-27)31(26-39-23-28-15-7-2-8-16-28)34(40-24-29-17-9-3-10-18-29)35(33(32)38)41-25-30-19-11-4-12-20-30/h1-20,31-35,37-38H,21-26H2/t31-,32+,33+,34+,35+/m0/s1. The Morgan fingerprint density at radius 1 is 0.561 bits per heavy atom. The van der Waals surface area contributed by atoms with Gasteiger partial charge in [-0.2, -0.15) is 0 Å². The van der Waals surface area contributed by atoms with E-state index >= 15 is 0 Å². The molecule has 1 saturated heterocycles. The van der Waals surface area contributed by atoms with Gasteiger partial charge in [0.05, 0.1) is 38.6 Å². The first-order valence-corrected chi connectivity index (χ1v) is 14.2. The van der Waals surface area contributed by atoms with Crippen LogP contribution in [0.5, 0.6) is 0 Å². The molecule has 0 unspecified atom stereocenters. The normalized spacial score (nSPS) is 23.2. The van der Waals surface area contributed by atoms with Gasteiger partial charge in [-0.1, -0.05) is 121 Å². The van der Waals surface area contributed by atoms with Crippen LogP contribution in [-0.2, 0) is 40.6 Å². The lowest BCUT2D eigenvalue weighted by atomic mass is 9.99. The van der Waals surface area contributed by atoms with E-state index in [9.17, 15) is 10.2 Å². The maximum Gasteiger partial charge on any atom is 0.114 e. The second-order valence-corrected chi connectivity index (χ2v) is 10.6. The van der Waals surface area contributed by atoms with E-state index < -0.39 is 24.4 Å². The number of hydrogen-bond acceptors (Lipinski definition) is 6. The van der Waals surface area contributed by atoms with Crippen molar-refractivity contribution in [2.24, 2.45) is 0 Å². The molecule has 6 heteroatoms. The number of ether oxygens (including phenoxy) is 3. The van der Waals surface area contributed by atoms with Crippen LogP contribution >= 0.6 is 0 Å². The summed E-state index contributed by atoms with van der Waals surface area (Å²) in [5.74, 6) is 0. The molecule has 1 fully saturated rings. The molecular weight excluding hydrogens is 514 g/mol. The Labute approximate surface area is 242 Å². The highest BCUT2D eigenvalue weighted by Gasteiger charge is 2.45. The van der Waals surface area contributed by atoms with Crippen molar-refractivity contribution in [1.29, 1.82) is 0 Å². The molecule has 0 aromatic heterocycles. The van der Waals surface area contributed by atoms with Crippen molar-refractivity contribution in [2.75, 3.05) is 13.2 Å². The number of nitrogens with zero attached hydrogens (tertiary/aromatic N) is 1. The third-order valence-corrected chi connectivity index (χ3v) is 7.52. The first-order chi connectivity index (χ1) is 20.2. The van der Waals surface area contributed by atoms with Gasteiger partial charge in [-0.3, -0.25) is 4.90 Å². The van der Waals surface area contributed by atoms with E-state index in [4.69, 9.17) is 14.2 Å². The lowest BCUT2D eigenvalue weighted by Gasteiger charge is -2.37. The third kappa shape index (κ3) is 8.33. The van der Waals surface area contributed by atoms with E-state index in [0.717, 1.165) is 22.3 Å². The molecule has 0 radical (unpaired) electrons. The summed E-state index contributed by atoms with van der Waals surface area (Å²) in [5, 5.41) is 22.7. The van der Waals surface area contributed by atoms with Crippen LogP contribution in [0.4, 0.5) is 0 Å². The maximum atomic E-state index is 11.4. The number of aliphatic hydroxyl groups is 2. The zero-order valence-corrected chi connectivity index (χ0v) is 23.2. The number of benzene rings is 4. The van der Waals surface area contributed by atoms with Gasteiger partial charge in [-0.05, 0) is 22.3 Å². The van der Waals surface area contributed by atoms with Gasteiger partial charge in [-0.25, -0.2) is 0 Å². The summed E-state index contributed by atoms with van der Waals surface area (Å²) in [6.45, 7) is 2.24. The van der Waals surface area contributed by atoms with Gasteiger partial charge >= 0.3 is 0 Å². The van der Waals surface area contributed by atoms with Crippen molar-refractivity contribution in [3.8, 4) is 0 Å². The average molecular weight is 554 g/mol. The molecule has 2 N–H and O–H groups in total. The molecule has 5 atom stereocenters. The number of aliphatic hydroxyl groups excluding tert-OH is 2. The summed E-state index contributed by atoms with van der Waals surface area (Å²) in [6.07, 6.45) is -3.52. The summed E-state index contributed by atoms with van der Waals surface area (Å²) < 4.78 is 19.3. The smallest absolute Gasteiger partial charge is 0.114 e. The van der Waals surface area contributed by atoms with Crippen LogP contribution in [0.1, 0.15) is 22.3 Å². The molecule has 41 heavy (non-hydrogen) atoms. The zero-order chi connectivity index (χ0) is 28.3. The minimum atomic E-state index is -1.14. The Hall–Kier alpha value is -3.36. The average Bonchev–Trinajstić information content (AvgIpc) is 3.11. The fourth-order valence-corrected chi connectivity index (χ4v) is 5.33. The highest BCUT2D eigenvalue weighted by molar-refractivity contribution is 5.17. The van der Waals surface area contributed by atoms with Crippen molar-refractivity contribution in [3.05, 3.63) is 144 Å². The lowest BCUT2D eigenvalue weighted by molar-refractivity contribution is -0.161. The number of β-amino-alcohol motifs (C(OH)–C–C–N with tert-alkyl or cyclic N) is 1. The minimum absolute atomic E-state index is 0.256. The van der Waals surface area contributed by atoms with E-state index in [0.29, 0.717) is 26.4 Å². The first kappa shape index (κ1) is 29.1. The van der Waals surface area contributed by atoms with Crippen LogP contribution in [0.2, 0.25) is 0 Å².